The van der Waals surface area contributed by atoms with Gasteiger partial charge in [0.15, 0.2) is 16.6 Å². The molecule has 1 fully saturated rings. The Labute approximate surface area is 207 Å². The van der Waals surface area contributed by atoms with Crippen LogP contribution < -0.4 is 11.2 Å². The Morgan fingerprint density at radius 3 is 2.15 bits per heavy atom. The molecule has 0 radical (unpaired) electrons. The molecule has 0 unspecified atom stereocenters. The second-order valence-corrected chi connectivity index (χ2v) is 22.0. The van der Waals surface area contributed by atoms with Crippen LogP contribution in [0, 0.1) is 19.3 Å². The SMILES string of the molecule is C#CCn1c(=O)c(C)cn([C@H]2C[C@H](O[Si](C)(C)C(C)(C)C)[C@@H](CO[Si](C)(C)C(C)(C)C)O2)c1=O. The first-order valence-electron chi connectivity index (χ1n) is 12.1. The number of aromatic nitrogens is 2. The first-order valence-corrected chi connectivity index (χ1v) is 17.9. The van der Waals surface area contributed by atoms with Gasteiger partial charge in [-0.3, -0.25) is 9.36 Å². The minimum Gasteiger partial charge on any atom is -0.414 e. The molecule has 3 atom stereocenters. The van der Waals surface area contributed by atoms with E-state index in [1.54, 1.807) is 13.1 Å². The number of rotatable bonds is 7. The second kappa shape index (κ2) is 9.90. The van der Waals surface area contributed by atoms with E-state index in [0.29, 0.717) is 18.6 Å². The van der Waals surface area contributed by atoms with Crippen LogP contribution in [0.5, 0.6) is 0 Å². The van der Waals surface area contributed by atoms with Crippen LogP contribution in [-0.4, -0.2) is 44.6 Å². The molecule has 0 aliphatic carbocycles. The van der Waals surface area contributed by atoms with Crippen molar-refractivity contribution >= 4 is 16.6 Å². The third kappa shape index (κ3) is 6.02. The van der Waals surface area contributed by atoms with E-state index >= 15 is 0 Å². The predicted molar refractivity (Wildman–Crippen MR) is 142 cm³/mol. The fourth-order valence-electron chi connectivity index (χ4n) is 3.40. The number of hydrogen-bond acceptors (Lipinski definition) is 5. The van der Waals surface area contributed by atoms with Crippen LogP contribution in [-0.2, 0) is 20.1 Å². The van der Waals surface area contributed by atoms with E-state index in [9.17, 15) is 9.59 Å². The normalized spacial score (nSPS) is 22.1. The van der Waals surface area contributed by atoms with Gasteiger partial charge in [0.2, 0.25) is 0 Å². The average molecular weight is 509 g/mol. The maximum absolute atomic E-state index is 13.1. The molecule has 0 aromatic carbocycles. The molecular formula is C25H44N2O5Si2. The van der Waals surface area contributed by atoms with Crippen molar-refractivity contribution < 1.29 is 13.6 Å². The van der Waals surface area contributed by atoms with Gasteiger partial charge in [0.1, 0.15) is 12.3 Å². The van der Waals surface area contributed by atoms with Crippen molar-refractivity contribution in [3.8, 4) is 12.3 Å². The molecule has 2 heterocycles. The Morgan fingerprint density at radius 1 is 1.09 bits per heavy atom. The summed E-state index contributed by atoms with van der Waals surface area (Å²) in [6.45, 7) is 24.1. The Morgan fingerprint density at radius 2 is 1.65 bits per heavy atom. The quantitative estimate of drug-likeness (QED) is 0.396. The van der Waals surface area contributed by atoms with Crippen molar-refractivity contribution in [3.05, 3.63) is 32.6 Å². The van der Waals surface area contributed by atoms with Crippen LogP contribution in [0.25, 0.3) is 0 Å². The molecule has 1 aliphatic rings. The Hall–Kier alpha value is -1.45. The predicted octanol–water partition coefficient (Wildman–Crippen LogP) is 4.65. The van der Waals surface area contributed by atoms with E-state index < -0.39 is 28.6 Å². The van der Waals surface area contributed by atoms with Gasteiger partial charge in [-0.25, -0.2) is 9.36 Å². The van der Waals surface area contributed by atoms with Crippen molar-refractivity contribution in [1.82, 2.24) is 9.13 Å². The molecule has 192 valence electrons. The summed E-state index contributed by atoms with van der Waals surface area (Å²) in [5, 5.41) is 0.100. The summed E-state index contributed by atoms with van der Waals surface area (Å²) in [6, 6.07) is 0. The van der Waals surface area contributed by atoms with Gasteiger partial charge in [-0.1, -0.05) is 47.5 Å². The van der Waals surface area contributed by atoms with Crippen LogP contribution in [0.3, 0.4) is 0 Å². The molecule has 1 saturated heterocycles. The third-order valence-electron chi connectivity index (χ3n) is 7.77. The lowest BCUT2D eigenvalue weighted by Crippen LogP contribution is -2.48. The highest BCUT2D eigenvalue weighted by molar-refractivity contribution is 6.74. The van der Waals surface area contributed by atoms with Crippen LogP contribution in [0.1, 0.15) is 59.8 Å². The second-order valence-electron chi connectivity index (χ2n) is 12.5. The zero-order valence-electron chi connectivity index (χ0n) is 22.9. The fraction of sp³-hybridized carbons (Fsp3) is 0.760. The average Bonchev–Trinajstić information content (AvgIpc) is 3.06. The van der Waals surface area contributed by atoms with E-state index in [0.717, 1.165) is 4.57 Å². The monoisotopic (exact) mass is 508 g/mol. The molecule has 0 bridgehead atoms. The largest absolute Gasteiger partial charge is 0.414 e. The molecule has 0 spiro atoms. The van der Waals surface area contributed by atoms with Gasteiger partial charge in [0.05, 0.1) is 19.3 Å². The lowest BCUT2D eigenvalue weighted by atomic mass is 10.2. The molecular weight excluding hydrogens is 464 g/mol. The van der Waals surface area contributed by atoms with Crippen molar-refractivity contribution in [2.45, 2.75) is 116 Å². The summed E-state index contributed by atoms with van der Waals surface area (Å²) in [5.41, 5.74) is -0.388. The summed E-state index contributed by atoms with van der Waals surface area (Å²) >= 11 is 0. The molecule has 2 rings (SSSR count). The number of ether oxygens (including phenoxy) is 1. The number of terminal acetylenes is 1. The van der Waals surface area contributed by atoms with E-state index in [4.69, 9.17) is 20.0 Å². The van der Waals surface area contributed by atoms with Gasteiger partial charge in [0.25, 0.3) is 5.56 Å². The number of hydrogen-bond donors (Lipinski definition) is 0. The maximum atomic E-state index is 13.1. The molecule has 0 N–H and O–H groups in total. The van der Waals surface area contributed by atoms with Crippen molar-refractivity contribution in [2.24, 2.45) is 0 Å². The Kier molecular flexibility index (Phi) is 8.38. The van der Waals surface area contributed by atoms with Crippen LogP contribution in [0.15, 0.2) is 15.8 Å². The topological polar surface area (TPSA) is 71.7 Å². The molecule has 1 aliphatic heterocycles. The minimum absolute atomic E-state index is 0.0311. The zero-order chi connectivity index (χ0) is 26.3. The van der Waals surface area contributed by atoms with Crippen LogP contribution >= 0.6 is 0 Å². The molecule has 1 aromatic rings. The summed E-state index contributed by atoms with van der Waals surface area (Å²) < 4.78 is 22.3. The Balaban J connectivity index is 2.43. The van der Waals surface area contributed by atoms with E-state index in [1.165, 1.54) is 4.57 Å². The molecule has 7 nitrogen and oxygen atoms in total. The Bertz CT molecular complexity index is 1040. The summed E-state index contributed by atoms with van der Waals surface area (Å²) in [6.07, 6.45) is 6.40. The smallest absolute Gasteiger partial charge is 0.333 e. The van der Waals surface area contributed by atoms with Crippen LogP contribution in [0.2, 0.25) is 36.3 Å². The fourth-order valence-corrected chi connectivity index (χ4v) is 5.77. The highest BCUT2D eigenvalue weighted by Gasteiger charge is 2.46. The summed E-state index contributed by atoms with van der Waals surface area (Å²) in [5.74, 6) is 2.40. The standard InChI is InChI=1S/C25H44N2O5Si2/c1-13-14-26-22(28)18(2)16-27(23(26)29)21-15-19(32-34(11,12)25(6,7)8)20(31-21)17-30-33(9,10)24(3,4)5/h1,16,19-21H,14-15,17H2,2-12H3/t19-,20+,21+/m0/s1. The van der Waals surface area contributed by atoms with Gasteiger partial charge < -0.3 is 13.6 Å². The lowest BCUT2D eigenvalue weighted by molar-refractivity contribution is -0.0416. The lowest BCUT2D eigenvalue weighted by Gasteiger charge is -2.40. The van der Waals surface area contributed by atoms with Gasteiger partial charge >= 0.3 is 5.69 Å². The molecule has 0 saturated carbocycles. The van der Waals surface area contributed by atoms with Crippen molar-refractivity contribution in [1.29, 1.82) is 0 Å². The van der Waals surface area contributed by atoms with Crippen LogP contribution in [0.4, 0.5) is 0 Å². The van der Waals surface area contributed by atoms with Crippen molar-refractivity contribution in [3.63, 3.8) is 0 Å². The van der Waals surface area contributed by atoms with Gasteiger partial charge in [0, 0.05) is 18.2 Å². The number of nitrogens with zero attached hydrogens (tertiary/aromatic N) is 2. The van der Waals surface area contributed by atoms with Gasteiger partial charge in [-0.2, -0.15) is 0 Å². The molecule has 1 aromatic heterocycles. The summed E-state index contributed by atoms with van der Waals surface area (Å²) in [4.78, 5) is 25.6. The maximum Gasteiger partial charge on any atom is 0.333 e. The minimum atomic E-state index is -2.10. The summed E-state index contributed by atoms with van der Waals surface area (Å²) in [7, 11) is -4.11. The number of aryl methyl sites for hydroxylation is 1. The van der Waals surface area contributed by atoms with Gasteiger partial charge in [-0.15, -0.1) is 6.42 Å². The molecule has 9 heteroatoms. The van der Waals surface area contributed by atoms with Gasteiger partial charge in [-0.05, 0) is 43.2 Å². The molecule has 34 heavy (non-hydrogen) atoms. The highest BCUT2D eigenvalue weighted by atomic mass is 28.4. The van der Waals surface area contributed by atoms with E-state index in [-0.39, 0.29) is 34.4 Å². The van der Waals surface area contributed by atoms with E-state index in [1.807, 2.05) is 0 Å². The first-order chi connectivity index (χ1) is 15.3. The first kappa shape index (κ1) is 28.8. The third-order valence-corrected chi connectivity index (χ3v) is 16.8. The van der Waals surface area contributed by atoms with E-state index in [2.05, 4.69) is 73.7 Å². The zero-order valence-corrected chi connectivity index (χ0v) is 24.9. The van der Waals surface area contributed by atoms with Crippen molar-refractivity contribution in [2.75, 3.05) is 6.61 Å². The highest BCUT2D eigenvalue weighted by Crippen LogP contribution is 2.42. The molecule has 0 amide bonds.